The van der Waals surface area contributed by atoms with Crippen molar-refractivity contribution in [2.24, 2.45) is 0 Å². The first-order chi connectivity index (χ1) is 15.3. The lowest BCUT2D eigenvalue weighted by Crippen LogP contribution is -2.23. The van der Waals surface area contributed by atoms with Gasteiger partial charge in [0.15, 0.2) is 10.3 Å². The van der Waals surface area contributed by atoms with E-state index >= 15 is 0 Å². The number of thiazole rings is 2. The number of nitrogens with one attached hydrogen (secondary N) is 1. The first-order valence-corrected chi connectivity index (χ1v) is 11.5. The molecular formula is C22H21F3N4O2S2. The third-order valence-corrected chi connectivity index (χ3v) is 5.96. The Balaban J connectivity index is 1.75. The molecule has 33 heavy (non-hydrogen) atoms. The minimum atomic E-state index is -4.53. The van der Waals surface area contributed by atoms with Crippen molar-refractivity contribution in [3.8, 4) is 0 Å². The topological polar surface area (TPSA) is 75.2 Å². The zero-order valence-corrected chi connectivity index (χ0v) is 19.9. The Morgan fingerprint density at radius 2 is 1.82 bits per heavy atom. The number of aromatic nitrogens is 2. The maximum atomic E-state index is 13.1. The summed E-state index contributed by atoms with van der Waals surface area (Å²) >= 11 is 2.40. The van der Waals surface area contributed by atoms with Crippen molar-refractivity contribution >= 4 is 56.5 Å². The van der Waals surface area contributed by atoms with Crippen molar-refractivity contribution in [3.05, 3.63) is 58.1 Å². The number of benzene rings is 1. The molecule has 0 aliphatic rings. The summed E-state index contributed by atoms with van der Waals surface area (Å²) in [6.07, 6.45) is -1.80. The summed E-state index contributed by atoms with van der Waals surface area (Å²) < 4.78 is 39.2. The summed E-state index contributed by atoms with van der Waals surface area (Å²) in [5.74, 6) is -0.893. The van der Waals surface area contributed by atoms with Crippen LogP contribution in [0.15, 0.2) is 41.1 Å². The Labute approximate surface area is 196 Å². The van der Waals surface area contributed by atoms with Crippen molar-refractivity contribution in [2.45, 2.75) is 39.3 Å². The lowest BCUT2D eigenvalue weighted by Gasteiger charge is -2.19. The molecule has 6 nitrogen and oxygen atoms in total. The van der Waals surface area contributed by atoms with E-state index in [-0.39, 0.29) is 16.2 Å². The number of carbonyl (C=O) groups is 2. The van der Waals surface area contributed by atoms with Gasteiger partial charge >= 0.3 is 6.18 Å². The monoisotopic (exact) mass is 494 g/mol. The third kappa shape index (κ3) is 6.26. The lowest BCUT2D eigenvalue weighted by molar-refractivity contribution is -0.137. The second-order valence-electron chi connectivity index (χ2n) is 8.07. The summed E-state index contributed by atoms with van der Waals surface area (Å²) in [6.45, 7) is 7.32. The van der Waals surface area contributed by atoms with Crippen molar-refractivity contribution in [1.82, 2.24) is 9.97 Å². The van der Waals surface area contributed by atoms with Gasteiger partial charge in [-0.2, -0.15) is 13.2 Å². The summed E-state index contributed by atoms with van der Waals surface area (Å²) in [4.78, 5) is 34.2. The summed E-state index contributed by atoms with van der Waals surface area (Å²) in [6, 6.07) is 4.46. The van der Waals surface area contributed by atoms with Crippen LogP contribution in [-0.2, 0) is 21.2 Å². The Bertz CT molecular complexity index is 1190. The van der Waals surface area contributed by atoms with Crippen LogP contribution in [-0.4, -0.2) is 21.8 Å². The van der Waals surface area contributed by atoms with Crippen LogP contribution in [0.25, 0.3) is 6.08 Å². The molecule has 0 fully saturated rings. The van der Waals surface area contributed by atoms with Gasteiger partial charge in [-0.25, -0.2) is 9.97 Å². The Morgan fingerprint density at radius 1 is 1.09 bits per heavy atom. The summed E-state index contributed by atoms with van der Waals surface area (Å²) in [7, 11) is 0. The SMILES string of the molecule is CC(=O)N(c1cccc(C(F)(F)F)c1)c1nc(/C=C/C(=O)Nc2nc(C(C)(C)C)cs2)cs1. The van der Waals surface area contributed by atoms with E-state index < -0.39 is 23.6 Å². The number of anilines is 3. The summed E-state index contributed by atoms with van der Waals surface area (Å²) in [5, 5.41) is 6.84. The molecular weight excluding hydrogens is 473 g/mol. The van der Waals surface area contributed by atoms with E-state index in [0.717, 1.165) is 34.1 Å². The van der Waals surface area contributed by atoms with Gasteiger partial charge in [-0.1, -0.05) is 26.8 Å². The van der Waals surface area contributed by atoms with Crippen LogP contribution < -0.4 is 10.2 Å². The van der Waals surface area contributed by atoms with Gasteiger partial charge in [0.2, 0.25) is 11.8 Å². The van der Waals surface area contributed by atoms with Crippen molar-refractivity contribution < 1.29 is 22.8 Å². The molecule has 11 heteroatoms. The van der Waals surface area contributed by atoms with Crippen molar-refractivity contribution in [3.63, 3.8) is 0 Å². The van der Waals surface area contributed by atoms with Gasteiger partial charge in [0, 0.05) is 29.2 Å². The van der Waals surface area contributed by atoms with Crippen LogP contribution in [0.1, 0.15) is 44.6 Å². The van der Waals surface area contributed by atoms with E-state index in [0.29, 0.717) is 10.8 Å². The van der Waals surface area contributed by atoms with Crippen LogP contribution >= 0.6 is 22.7 Å². The highest BCUT2D eigenvalue weighted by Gasteiger charge is 2.31. The third-order valence-electron chi connectivity index (χ3n) is 4.36. The van der Waals surface area contributed by atoms with Crippen LogP contribution in [0.5, 0.6) is 0 Å². The lowest BCUT2D eigenvalue weighted by atomic mass is 9.93. The fraction of sp³-hybridized carbons (Fsp3) is 0.273. The van der Waals surface area contributed by atoms with Crippen LogP contribution in [0, 0.1) is 0 Å². The van der Waals surface area contributed by atoms with E-state index in [2.05, 4.69) is 15.3 Å². The Kier molecular flexibility index (Phi) is 7.03. The van der Waals surface area contributed by atoms with E-state index in [1.54, 1.807) is 5.38 Å². The molecule has 0 radical (unpaired) electrons. The number of nitrogens with zero attached hydrogens (tertiary/aromatic N) is 3. The molecule has 174 valence electrons. The molecule has 0 unspecified atom stereocenters. The smallest absolute Gasteiger partial charge is 0.298 e. The molecule has 0 saturated carbocycles. The molecule has 0 saturated heterocycles. The molecule has 0 aliphatic heterocycles. The second kappa shape index (κ2) is 9.44. The quantitative estimate of drug-likeness (QED) is 0.425. The van der Waals surface area contributed by atoms with Gasteiger partial charge in [0.25, 0.3) is 0 Å². The average Bonchev–Trinajstić information content (AvgIpc) is 3.35. The van der Waals surface area contributed by atoms with Crippen molar-refractivity contribution in [2.75, 3.05) is 10.2 Å². The molecule has 2 aromatic heterocycles. The first-order valence-electron chi connectivity index (χ1n) is 9.73. The molecule has 1 aromatic carbocycles. The number of amides is 2. The van der Waals surface area contributed by atoms with E-state index in [9.17, 15) is 22.8 Å². The van der Waals surface area contributed by atoms with Crippen LogP contribution in [0.3, 0.4) is 0 Å². The molecule has 0 atom stereocenters. The normalized spacial score (nSPS) is 12.2. The Morgan fingerprint density at radius 3 is 2.42 bits per heavy atom. The maximum absolute atomic E-state index is 13.1. The Hall–Kier alpha value is -3.05. The van der Waals surface area contributed by atoms with Crippen molar-refractivity contribution in [1.29, 1.82) is 0 Å². The van der Waals surface area contributed by atoms with Gasteiger partial charge in [-0.3, -0.25) is 19.8 Å². The van der Waals surface area contributed by atoms with E-state index in [4.69, 9.17) is 0 Å². The summed E-state index contributed by atoms with van der Waals surface area (Å²) in [5.41, 5.74) is 0.316. The fourth-order valence-electron chi connectivity index (χ4n) is 2.69. The fourth-order valence-corrected chi connectivity index (χ4v) is 4.48. The second-order valence-corrected chi connectivity index (χ2v) is 9.76. The van der Waals surface area contributed by atoms with Gasteiger partial charge in [-0.05, 0) is 24.3 Å². The maximum Gasteiger partial charge on any atom is 0.416 e. The molecule has 3 aromatic rings. The number of rotatable bonds is 5. The van der Waals surface area contributed by atoms with E-state index in [1.807, 2.05) is 26.2 Å². The molecule has 2 amide bonds. The number of carbonyl (C=O) groups excluding carboxylic acids is 2. The largest absolute Gasteiger partial charge is 0.416 e. The highest BCUT2D eigenvalue weighted by atomic mass is 32.1. The van der Waals surface area contributed by atoms with Gasteiger partial charge in [0.05, 0.1) is 22.6 Å². The molecule has 0 bridgehead atoms. The zero-order valence-electron chi connectivity index (χ0n) is 18.2. The minimum absolute atomic E-state index is 0.0540. The number of hydrogen-bond donors (Lipinski definition) is 1. The van der Waals surface area contributed by atoms with Crippen LogP contribution in [0.2, 0.25) is 0 Å². The van der Waals surface area contributed by atoms with Gasteiger partial charge < -0.3 is 0 Å². The highest BCUT2D eigenvalue weighted by molar-refractivity contribution is 7.14. The van der Waals surface area contributed by atoms with Gasteiger partial charge in [-0.15, -0.1) is 22.7 Å². The first kappa shape index (κ1) is 24.6. The van der Waals surface area contributed by atoms with Crippen LogP contribution in [0.4, 0.5) is 29.1 Å². The molecule has 0 aliphatic carbocycles. The average molecular weight is 495 g/mol. The standard InChI is InChI=1S/C22H21F3N4O2S2/c1-13(30)29(16-7-5-6-14(10-16)22(23,24)25)20-26-15(11-33-20)8-9-18(31)28-19-27-17(12-32-19)21(2,3)4/h5-12H,1-4H3,(H,27,28,31)/b9-8+. The number of halogens is 3. The van der Waals surface area contributed by atoms with Gasteiger partial charge in [0.1, 0.15) is 0 Å². The number of hydrogen-bond acceptors (Lipinski definition) is 6. The molecule has 2 heterocycles. The zero-order chi connectivity index (χ0) is 24.4. The predicted octanol–water partition coefficient (Wildman–Crippen LogP) is 6.25. The predicted molar refractivity (Wildman–Crippen MR) is 125 cm³/mol. The molecule has 0 spiro atoms. The minimum Gasteiger partial charge on any atom is -0.298 e. The molecule has 3 rings (SSSR count). The highest BCUT2D eigenvalue weighted by Crippen LogP contribution is 2.35. The number of alkyl halides is 3. The molecule has 1 N–H and O–H groups in total. The van der Waals surface area contributed by atoms with E-state index in [1.165, 1.54) is 42.5 Å².